The van der Waals surface area contributed by atoms with Crippen molar-refractivity contribution in [3.05, 3.63) is 59.7 Å². The summed E-state index contributed by atoms with van der Waals surface area (Å²) in [6.07, 6.45) is 0. The number of piperazine rings is 1. The van der Waals surface area contributed by atoms with Crippen LogP contribution in [0.1, 0.15) is 24.1 Å². The van der Waals surface area contributed by atoms with Crippen LogP contribution in [0.5, 0.6) is 5.75 Å². The summed E-state index contributed by atoms with van der Waals surface area (Å²) in [5.74, 6) is 0.949. The molecule has 1 aliphatic heterocycles. The minimum absolute atomic E-state index is 0.263. The summed E-state index contributed by atoms with van der Waals surface area (Å²) >= 11 is 0. The van der Waals surface area contributed by atoms with Crippen LogP contribution < -0.4 is 15.0 Å². The van der Waals surface area contributed by atoms with Gasteiger partial charge in [0, 0.05) is 46.0 Å². The molecule has 3 rings (SSSR count). The number of hydrogen-bond donors (Lipinski definition) is 1. The summed E-state index contributed by atoms with van der Waals surface area (Å²) in [5, 5.41) is 3.46. The Balaban J connectivity index is 1.95. The summed E-state index contributed by atoms with van der Waals surface area (Å²) in [5.41, 5.74) is 3.86. The zero-order chi connectivity index (χ0) is 17.6. The number of nitrogens with zero attached hydrogens (tertiary/aromatic N) is 2. The van der Waals surface area contributed by atoms with Crippen LogP contribution in [0, 0.1) is 0 Å². The maximum Gasteiger partial charge on any atom is 0.119 e. The maximum absolute atomic E-state index is 5.73. The van der Waals surface area contributed by atoms with Gasteiger partial charge < -0.3 is 15.0 Å². The molecule has 0 aromatic heterocycles. The summed E-state index contributed by atoms with van der Waals surface area (Å²) < 4.78 is 5.73. The second-order valence-electron chi connectivity index (χ2n) is 6.68. The Bertz CT molecular complexity index is 663. The molecule has 1 unspecified atom stereocenters. The van der Waals surface area contributed by atoms with E-state index in [0.29, 0.717) is 6.61 Å². The Hall–Kier alpha value is -2.04. The van der Waals surface area contributed by atoms with Gasteiger partial charge in [0.25, 0.3) is 0 Å². The highest BCUT2D eigenvalue weighted by Gasteiger charge is 2.24. The topological polar surface area (TPSA) is 27.7 Å². The highest BCUT2D eigenvalue weighted by atomic mass is 16.5. The van der Waals surface area contributed by atoms with E-state index in [1.807, 2.05) is 13.0 Å². The van der Waals surface area contributed by atoms with Gasteiger partial charge in [0.05, 0.1) is 12.6 Å². The predicted octanol–water partition coefficient (Wildman–Crippen LogP) is 3.15. The molecule has 0 amide bonds. The van der Waals surface area contributed by atoms with E-state index in [9.17, 15) is 0 Å². The van der Waals surface area contributed by atoms with Crippen molar-refractivity contribution in [2.24, 2.45) is 0 Å². The molecule has 1 atom stereocenters. The Labute approximate surface area is 151 Å². The fraction of sp³-hybridized carbons (Fsp3) is 0.429. The van der Waals surface area contributed by atoms with Crippen molar-refractivity contribution in [2.75, 3.05) is 51.8 Å². The van der Waals surface area contributed by atoms with E-state index >= 15 is 0 Å². The molecule has 1 heterocycles. The third kappa shape index (κ3) is 4.33. The molecule has 0 radical (unpaired) electrons. The minimum atomic E-state index is 0.263. The van der Waals surface area contributed by atoms with Crippen molar-refractivity contribution in [3.8, 4) is 5.75 Å². The van der Waals surface area contributed by atoms with Crippen molar-refractivity contribution < 1.29 is 4.74 Å². The number of benzene rings is 2. The lowest BCUT2D eigenvalue weighted by molar-refractivity contribution is 0.198. The lowest BCUT2D eigenvalue weighted by atomic mass is 9.96. The molecule has 2 aromatic rings. The third-order valence-corrected chi connectivity index (χ3v) is 4.73. The smallest absolute Gasteiger partial charge is 0.119 e. The van der Waals surface area contributed by atoms with Crippen LogP contribution in [0.3, 0.4) is 0 Å². The van der Waals surface area contributed by atoms with E-state index in [2.05, 4.69) is 71.7 Å². The molecule has 4 heteroatoms. The van der Waals surface area contributed by atoms with Crippen LogP contribution >= 0.6 is 0 Å². The first-order valence-electron chi connectivity index (χ1n) is 9.14. The van der Waals surface area contributed by atoms with Gasteiger partial charge in [0.15, 0.2) is 0 Å². The largest absolute Gasteiger partial charge is 0.494 e. The van der Waals surface area contributed by atoms with E-state index in [1.165, 1.54) is 16.8 Å². The van der Waals surface area contributed by atoms with Crippen molar-refractivity contribution in [1.82, 2.24) is 10.2 Å². The van der Waals surface area contributed by atoms with Gasteiger partial charge in [0.1, 0.15) is 5.75 Å². The summed E-state index contributed by atoms with van der Waals surface area (Å²) in [6.45, 7) is 6.91. The molecule has 0 aliphatic carbocycles. The first kappa shape index (κ1) is 17.8. The van der Waals surface area contributed by atoms with Gasteiger partial charge in [-0.05, 0) is 42.3 Å². The number of rotatable bonds is 6. The molecule has 2 aromatic carbocycles. The highest BCUT2D eigenvalue weighted by molar-refractivity contribution is 5.48. The Morgan fingerprint density at radius 1 is 1.04 bits per heavy atom. The molecular weight excluding hydrogens is 310 g/mol. The van der Waals surface area contributed by atoms with E-state index < -0.39 is 0 Å². The first-order chi connectivity index (χ1) is 12.2. The molecule has 134 valence electrons. The SMILES string of the molecule is CCOc1cccc(C(c2ccc(N(C)C)cc2)N2CCNCC2)c1. The normalized spacial score (nSPS) is 16.4. The fourth-order valence-corrected chi connectivity index (χ4v) is 3.45. The van der Waals surface area contributed by atoms with E-state index in [0.717, 1.165) is 31.9 Å². The first-order valence-corrected chi connectivity index (χ1v) is 9.14. The standard InChI is InChI=1S/C21H29N3O/c1-4-25-20-7-5-6-18(16-20)21(24-14-12-22-13-15-24)17-8-10-19(11-9-17)23(2)3/h5-11,16,21-22H,4,12-15H2,1-3H3. The zero-order valence-electron chi connectivity index (χ0n) is 15.5. The lowest BCUT2D eigenvalue weighted by Gasteiger charge is -2.36. The van der Waals surface area contributed by atoms with E-state index in [1.54, 1.807) is 0 Å². The summed E-state index contributed by atoms with van der Waals surface area (Å²) in [7, 11) is 4.16. The van der Waals surface area contributed by atoms with Gasteiger partial charge in [-0.1, -0.05) is 24.3 Å². The van der Waals surface area contributed by atoms with Gasteiger partial charge in [-0.15, -0.1) is 0 Å². The molecular formula is C21H29N3O. The number of anilines is 1. The third-order valence-electron chi connectivity index (χ3n) is 4.73. The van der Waals surface area contributed by atoms with Crippen LogP contribution in [-0.2, 0) is 0 Å². The van der Waals surface area contributed by atoms with Crippen molar-refractivity contribution >= 4 is 5.69 Å². The van der Waals surface area contributed by atoms with Gasteiger partial charge in [-0.2, -0.15) is 0 Å². The predicted molar refractivity (Wildman–Crippen MR) is 105 cm³/mol. The number of nitrogens with one attached hydrogen (secondary N) is 1. The molecule has 1 aliphatic rings. The zero-order valence-corrected chi connectivity index (χ0v) is 15.5. The quantitative estimate of drug-likeness (QED) is 0.875. The van der Waals surface area contributed by atoms with Crippen molar-refractivity contribution in [2.45, 2.75) is 13.0 Å². The van der Waals surface area contributed by atoms with Gasteiger partial charge in [-0.25, -0.2) is 0 Å². The minimum Gasteiger partial charge on any atom is -0.494 e. The highest BCUT2D eigenvalue weighted by Crippen LogP contribution is 2.32. The average molecular weight is 339 g/mol. The van der Waals surface area contributed by atoms with Gasteiger partial charge in [0.2, 0.25) is 0 Å². The van der Waals surface area contributed by atoms with Crippen LogP contribution in [0.25, 0.3) is 0 Å². The fourth-order valence-electron chi connectivity index (χ4n) is 3.45. The van der Waals surface area contributed by atoms with E-state index in [-0.39, 0.29) is 6.04 Å². The molecule has 0 saturated carbocycles. The lowest BCUT2D eigenvalue weighted by Crippen LogP contribution is -2.45. The molecule has 1 saturated heterocycles. The van der Waals surface area contributed by atoms with Crippen molar-refractivity contribution in [1.29, 1.82) is 0 Å². The Morgan fingerprint density at radius 3 is 2.40 bits per heavy atom. The van der Waals surface area contributed by atoms with Crippen LogP contribution in [0.15, 0.2) is 48.5 Å². The molecule has 4 nitrogen and oxygen atoms in total. The van der Waals surface area contributed by atoms with Crippen LogP contribution in [-0.4, -0.2) is 51.8 Å². The second-order valence-corrected chi connectivity index (χ2v) is 6.68. The number of ether oxygens (including phenoxy) is 1. The average Bonchev–Trinajstić information content (AvgIpc) is 2.64. The molecule has 0 bridgehead atoms. The molecule has 1 fully saturated rings. The number of hydrogen-bond acceptors (Lipinski definition) is 4. The van der Waals surface area contributed by atoms with Crippen molar-refractivity contribution in [3.63, 3.8) is 0 Å². The summed E-state index contributed by atoms with van der Waals surface area (Å²) in [6, 6.07) is 17.7. The monoisotopic (exact) mass is 339 g/mol. The molecule has 25 heavy (non-hydrogen) atoms. The van der Waals surface area contributed by atoms with Crippen LogP contribution in [0.2, 0.25) is 0 Å². The Morgan fingerprint density at radius 2 is 1.76 bits per heavy atom. The Kier molecular flexibility index (Phi) is 5.95. The molecule has 1 N–H and O–H groups in total. The second kappa shape index (κ2) is 8.37. The van der Waals surface area contributed by atoms with Crippen LogP contribution in [0.4, 0.5) is 5.69 Å². The summed E-state index contributed by atoms with van der Waals surface area (Å²) in [4.78, 5) is 4.70. The van der Waals surface area contributed by atoms with Gasteiger partial charge in [-0.3, -0.25) is 4.90 Å². The maximum atomic E-state index is 5.73. The van der Waals surface area contributed by atoms with E-state index in [4.69, 9.17) is 4.74 Å². The molecule has 0 spiro atoms. The van der Waals surface area contributed by atoms with Gasteiger partial charge >= 0.3 is 0 Å².